The third-order valence-electron chi connectivity index (χ3n) is 2.54. The Morgan fingerprint density at radius 2 is 1.86 bits per heavy atom. The van der Waals surface area contributed by atoms with E-state index in [-0.39, 0.29) is 111 Å². The normalized spacial score (nSPS) is 14.4. The summed E-state index contributed by atoms with van der Waals surface area (Å²) in [5, 5.41) is -0.834. The van der Waals surface area contributed by atoms with Gasteiger partial charge in [-0.05, 0) is 0 Å². The van der Waals surface area contributed by atoms with Crippen molar-refractivity contribution in [2.24, 2.45) is 13.0 Å². The van der Waals surface area contributed by atoms with Crippen molar-refractivity contribution >= 4 is 7.52 Å². The molecular formula is C12H20N2O2PVWY2-3. The number of imidazole rings is 1. The summed E-state index contributed by atoms with van der Waals surface area (Å²) in [5.41, 5.74) is 0.799. The second-order valence-electron chi connectivity index (χ2n) is 5.53. The van der Waals surface area contributed by atoms with Crippen LogP contribution in [0.2, 0.25) is 0 Å². The van der Waals surface area contributed by atoms with Gasteiger partial charge in [0.25, 0.3) is 0 Å². The van der Waals surface area contributed by atoms with Gasteiger partial charge in [0.2, 0.25) is 0 Å². The maximum Gasteiger partial charge on any atom is 0.133 e. The first-order valence-corrected chi connectivity index (χ1v) is 7.21. The molecule has 1 aromatic heterocycles. The van der Waals surface area contributed by atoms with Crippen LogP contribution in [0.3, 0.4) is 0 Å². The molecule has 3 radical (unpaired) electrons. The van der Waals surface area contributed by atoms with Crippen molar-refractivity contribution in [1.82, 2.24) is 4.34 Å². The number of nitrogens with zero attached hydrogens (tertiary/aromatic N) is 2. The predicted octanol–water partition coefficient (Wildman–Crippen LogP) is 1.12. The summed E-state index contributed by atoms with van der Waals surface area (Å²) in [7, 11) is -1.99. The van der Waals surface area contributed by atoms with Crippen molar-refractivity contribution < 1.29 is 119 Å². The molecule has 0 aliphatic heterocycles. The summed E-state index contributed by atoms with van der Waals surface area (Å²) in [6.07, 6.45) is 6.32. The molecule has 0 amide bonds. The third kappa shape index (κ3) is 8.69. The standard InChI is InChI=1S/C12H21N2O2P.V.W.2Y/c1-10(2)7-11-8-14(9-13(11)6)17(15,16)12(3,4)5;;;;/h10H,1,7H2,2-6H3,(H,15,16);;;;/q-2;;;;/p-1. The molecule has 2 atom stereocenters. The van der Waals surface area contributed by atoms with Crippen molar-refractivity contribution in [1.29, 1.82) is 0 Å². The van der Waals surface area contributed by atoms with E-state index in [1.807, 2.05) is 6.92 Å². The monoisotopic (exact) mass is 668 g/mol. The van der Waals surface area contributed by atoms with E-state index in [0.29, 0.717) is 6.42 Å². The first kappa shape index (κ1) is 31.6. The first-order chi connectivity index (χ1) is 7.55. The predicted molar refractivity (Wildman–Crippen MR) is 64.3 cm³/mol. The van der Waals surface area contributed by atoms with Crippen LogP contribution in [0.5, 0.6) is 0 Å². The Morgan fingerprint density at radius 1 is 1.43 bits per heavy atom. The molecular weight excluding hydrogens is 648 g/mol. The fourth-order valence-corrected chi connectivity index (χ4v) is 2.46. The summed E-state index contributed by atoms with van der Waals surface area (Å²) >= 11 is 0. The molecule has 0 bridgehead atoms. The van der Waals surface area contributed by atoms with Gasteiger partial charge in [0, 0.05) is 117 Å². The van der Waals surface area contributed by atoms with Crippen LogP contribution < -0.4 is 9.46 Å². The van der Waals surface area contributed by atoms with Gasteiger partial charge in [-0.3, -0.25) is 10.8 Å². The van der Waals surface area contributed by atoms with Crippen molar-refractivity contribution in [3.05, 3.63) is 25.1 Å². The van der Waals surface area contributed by atoms with Gasteiger partial charge >= 0.3 is 0 Å². The van der Waals surface area contributed by atoms with Gasteiger partial charge in [0.1, 0.15) is 7.52 Å². The number of hydrogen-bond acceptors (Lipinski definition) is 2. The van der Waals surface area contributed by atoms with Gasteiger partial charge in [-0.2, -0.15) is 5.92 Å². The summed E-state index contributed by atoms with van der Waals surface area (Å²) in [6, 6.07) is 0. The molecule has 115 valence electrons. The third-order valence-corrected chi connectivity index (χ3v) is 4.95. The molecule has 1 rings (SSSR count). The van der Waals surface area contributed by atoms with Crippen molar-refractivity contribution in [3.8, 4) is 0 Å². The minimum atomic E-state index is -3.76. The van der Waals surface area contributed by atoms with Crippen LogP contribution in [0.1, 0.15) is 33.4 Å². The van der Waals surface area contributed by atoms with Gasteiger partial charge in [-0.25, -0.2) is 0 Å². The number of rotatable bonds is 3. The first-order valence-electron chi connectivity index (χ1n) is 5.63. The molecule has 9 heteroatoms. The van der Waals surface area contributed by atoms with Crippen LogP contribution in [0.4, 0.5) is 0 Å². The zero-order chi connectivity index (χ0) is 13.4. The topological polar surface area (TPSA) is 48.9 Å². The molecule has 0 aliphatic rings. The van der Waals surface area contributed by atoms with Crippen LogP contribution in [-0.2, 0) is 123 Å². The van der Waals surface area contributed by atoms with E-state index in [4.69, 9.17) is 0 Å². The molecule has 4 nitrogen and oxygen atoms in total. The maximum absolute atomic E-state index is 12.2. The van der Waals surface area contributed by atoms with E-state index in [9.17, 15) is 9.46 Å². The second-order valence-corrected chi connectivity index (χ2v) is 8.31. The molecule has 21 heavy (non-hydrogen) atoms. The van der Waals surface area contributed by atoms with E-state index in [0.717, 1.165) is 10.0 Å². The minimum Gasteiger partial charge on any atom is -0.768 e. The average molecular weight is 668 g/mol. The Labute approximate surface area is 205 Å². The van der Waals surface area contributed by atoms with Crippen molar-refractivity contribution in [3.63, 3.8) is 0 Å². The molecule has 0 saturated carbocycles. The van der Waals surface area contributed by atoms with Crippen molar-refractivity contribution in [2.45, 2.75) is 39.3 Å². The SMILES string of the molecule is [CH2-]C(C)Cc1[c-]n(P(=O)([O-])C(C)(C)C)[c-][n+]1C.[V].[W].[Y].[Y]. The Bertz CT molecular complexity index is 465. The molecule has 2 unspecified atom stereocenters. The Kier molecular flexibility index (Phi) is 18.5. The van der Waals surface area contributed by atoms with Crippen LogP contribution in [0.25, 0.3) is 0 Å². The second kappa shape index (κ2) is 12.3. The molecule has 0 spiro atoms. The van der Waals surface area contributed by atoms with E-state index >= 15 is 0 Å². The van der Waals surface area contributed by atoms with Gasteiger partial charge < -0.3 is 20.7 Å². The smallest absolute Gasteiger partial charge is 0.133 e. The molecule has 1 aromatic rings. The van der Waals surface area contributed by atoms with Gasteiger partial charge in [-0.1, -0.05) is 39.8 Å². The number of aromatic nitrogens is 2. The van der Waals surface area contributed by atoms with Gasteiger partial charge in [0.05, 0.1) is 0 Å². The zero-order valence-corrected chi connectivity index (χ0v) is 24.1. The molecule has 0 fully saturated rings. The van der Waals surface area contributed by atoms with E-state index in [1.165, 1.54) is 0 Å². The molecule has 1 heterocycles. The number of aryl methyl sites for hydroxylation is 1. The minimum absolute atomic E-state index is 0. The van der Waals surface area contributed by atoms with Crippen LogP contribution in [-0.4, -0.2) is 9.49 Å². The van der Waals surface area contributed by atoms with E-state index in [1.54, 1.807) is 32.4 Å². The summed E-state index contributed by atoms with van der Waals surface area (Å²) in [6.45, 7) is 10.9. The molecule has 0 saturated heterocycles. The van der Waals surface area contributed by atoms with Crippen LogP contribution in [0, 0.1) is 25.4 Å². The van der Waals surface area contributed by atoms with Crippen molar-refractivity contribution in [2.75, 3.05) is 0 Å². The Balaban J connectivity index is -0.000000361. The summed E-state index contributed by atoms with van der Waals surface area (Å²) in [5.74, 6) is 0.211. The largest absolute Gasteiger partial charge is 0.768 e. The quantitative estimate of drug-likeness (QED) is 0.276. The van der Waals surface area contributed by atoms with E-state index < -0.39 is 12.7 Å². The zero-order valence-electron chi connectivity index (χ0n) is 13.2. The van der Waals surface area contributed by atoms with Crippen LogP contribution >= 0.6 is 7.52 Å². The molecule has 0 N–H and O–H groups in total. The number of hydrogen-bond donors (Lipinski definition) is 0. The Morgan fingerprint density at radius 3 is 2.19 bits per heavy atom. The van der Waals surface area contributed by atoms with Gasteiger partial charge in [-0.15, -0.1) is 6.33 Å². The van der Waals surface area contributed by atoms with Gasteiger partial charge in [0.15, 0.2) is 0 Å². The Hall–Kier alpha value is 2.88. The summed E-state index contributed by atoms with van der Waals surface area (Å²) in [4.78, 5) is 12.2. The maximum atomic E-state index is 12.2. The molecule has 0 aromatic carbocycles. The fourth-order valence-electron chi connectivity index (χ4n) is 1.36. The average Bonchev–Trinajstić information content (AvgIpc) is 2.45. The van der Waals surface area contributed by atoms with E-state index in [2.05, 4.69) is 19.4 Å². The molecule has 0 aliphatic carbocycles. The summed E-state index contributed by atoms with van der Waals surface area (Å²) < 4.78 is 15.0. The van der Waals surface area contributed by atoms with Crippen LogP contribution in [0.15, 0.2) is 0 Å². The fraction of sp³-hybridized carbons (Fsp3) is 0.667.